The number of carboxylic acid groups (broad SMARTS) is 1. The maximum absolute atomic E-state index is 11.3. The lowest BCUT2D eigenvalue weighted by Crippen LogP contribution is -2.28. The first-order chi connectivity index (χ1) is 8.63. The van der Waals surface area contributed by atoms with Gasteiger partial charge in [-0.2, -0.15) is 0 Å². The first-order valence-corrected chi connectivity index (χ1v) is 6.80. The van der Waals surface area contributed by atoms with E-state index in [0.29, 0.717) is 16.6 Å². The van der Waals surface area contributed by atoms with Crippen LogP contribution in [0.25, 0.3) is 0 Å². The topological polar surface area (TPSA) is 40.5 Å². The van der Waals surface area contributed by atoms with Crippen molar-refractivity contribution in [3.05, 3.63) is 28.8 Å². The maximum atomic E-state index is 11.3. The third kappa shape index (κ3) is 2.96. The molecule has 3 nitrogen and oxygen atoms in total. The van der Waals surface area contributed by atoms with E-state index in [1.807, 2.05) is 6.07 Å². The number of rotatable bonds is 6. The maximum Gasteiger partial charge on any atom is 0.337 e. The molecule has 1 saturated carbocycles. The molecular weight excluding hydrogens is 250 g/mol. The molecule has 1 aliphatic carbocycles. The van der Waals surface area contributed by atoms with Crippen LogP contribution in [0.5, 0.6) is 0 Å². The van der Waals surface area contributed by atoms with Crippen LogP contribution in [0.4, 0.5) is 5.69 Å². The number of aromatic carboxylic acids is 1. The smallest absolute Gasteiger partial charge is 0.337 e. The fourth-order valence-electron chi connectivity index (χ4n) is 2.14. The molecule has 0 bridgehead atoms. The minimum Gasteiger partial charge on any atom is -0.478 e. The zero-order valence-corrected chi connectivity index (χ0v) is 11.3. The van der Waals surface area contributed by atoms with Crippen molar-refractivity contribution in [2.24, 2.45) is 0 Å². The zero-order chi connectivity index (χ0) is 13.1. The van der Waals surface area contributed by atoms with Crippen molar-refractivity contribution in [2.45, 2.75) is 38.6 Å². The second-order valence-electron chi connectivity index (χ2n) is 4.74. The number of benzene rings is 1. The number of halogens is 1. The van der Waals surface area contributed by atoms with E-state index in [9.17, 15) is 9.90 Å². The highest BCUT2D eigenvalue weighted by molar-refractivity contribution is 6.31. The summed E-state index contributed by atoms with van der Waals surface area (Å²) in [6.07, 6.45) is 4.51. The van der Waals surface area contributed by atoms with Crippen LogP contribution in [-0.4, -0.2) is 23.7 Å². The lowest BCUT2D eigenvalue weighted by Gasteiger charge is -2.26. The van der Waals surface area contributed by atoms with E-state index in [4.69, 9.17) is 11.6 Å². The molecule has 1 aromatic rings. The van der Waals surface area contributed by atoms with E-state index >= 15 is 0 Å². The molecule has 0 atom stereocenters. The minimum absolute atomic E-state index is 0.311. The molecule has 1 aromatic carbocycles. The molecule has 0 saturated heterocycles. The van der Waals surface area contributed by atoms with Crippen molar-refractivity contribution in [3.8, 4) is 0 Å². The van der Waals surface area contributed by atoms with Crippen molar-refractivity contribution >= 4 is 23.3 Å². The molecule has 18 heavy (non-hydrogen) atoms. The molecule has 0 aliphatic heterocycles. The number of carbonyl (C=O) groups is 1. The molecule has 0 unspecified atom stereocenters. The molecule has 1 fully saturated rings. The Balaban J connectivity index is 2.30. The Morgan fingerprint density at radius 1 is 1.50 bits per heavy atom. The number of hydrogen-bond acceptors (Lipinski definition) is 2. The van der Waals surface area contributed by atoms with Crippen LogP contribution in [0, 0.1) is 0 Å². The van der Waals surface area contributed by atoms with Gasteiger partial charge < -0.3 is 10.0 Å². The minimum atomic E-state index is -0.908. The standard InChI is InChI=1S/C14H18ClNO2/c1-2-3-8-16(11-5-6-11)13-7-4-10(15)9-12(13)14(17)18/h4,7,9,11H,2-3,5-6,8H2,1H3,(H,17,18). The highest BCUT2D eigenvalue weighted by Gasteiger charge is 2.31. The van der Waals surface area contributed by atoms with Gasteiger partial charge in [-0.15, -0.1) is 0 Å². The summed E-state index contributed by atoms with van der Waals surface area (Å²) >= 11 is 5.88. The molecule has 0 heterocycles. The summed E-state index contributed by atoms with van der Waals surface area (Å²) < 4.78 is 0. The first kappa shape index (κ1) is 13.2. The van der Waals surface area contributed by atoms with E-state index in [1.165, 1.54) is 0 Å². The highest BCUT2D eigenvalue weighted by Crippen LogP contribution is 2.34. The summed E-state index contributed by atoms with van der Waals surface area (Å²) in [7, 11) is 0. The van der Waals surface area contributed by atoms with Gasteiger partial charge in [0.05, 0.1) is 11.3 Å². The van der Waals surface area contributed by atoms with Crippen LogP contribution in [0.1, 0.15) is 43.0 Å². The van der Waals surface area contributed by atoms with Gasteiger partial charge in [0.1, 0.15) is 0 Å². The van der Waals surface area contributed by atoms with Crippen LogP contribution in [0.2, 0.25) is 5.02 Å². The average molecular weight is 268 g/mol. The fraction of sp³-hybridized carbons (Fsp3) is 0.500. The zero-order valence-electron chi connectivity index (χ0n) is 10.5. The molecule has 1 N–H and O–H groups in total. The average Bonchev–Trinajstić information content (AvgIpc) is 3.15. The Morgan fingerprint density at radius 3 is 2.78 bits per heavy atom. The molecule has 1 aliphatic rings. The van der Waals surface area contributed by atoms with Crippen molar-refractivity contribution < 1.29 is 9.90 Å². The fourth-order valence-corrected chi connectivity index (χ4v) is 2.32. The summed E-state index contributed by atoms with van der Waals surface area (Å²) in [4.78, 5) is 13.5. The second-order valence-corrected chi connectivity index (χ2v) is 5.18. The number of hydrogen-bond donors (Lipinski definition) is 1. The molecule has 4 heteroatoms. The monoisotopic (exact) mass is 267 g/mol. The van der Waals surface area contributed by atoms with Crippen LogP contribution in [0.3, 0.4) is 0 Å². The first-order valence-electron chi connectivity index (χ1n) is 6.43. The van der Waals surface area contributed by atoms with E-state index in [0.717, 1.165) is 37.9 Å². The van der Waals surface area contributed by atoms with E-state index in [1.54, 1.807) is 12.1 Å². The summed E-state index contributed by atoms with van der Waals surface area (Å²) in [5.41, 5.74) is 1.12. The van der Waals surface area contributed by atoms with Crippen molar-refractivity contribution in [1.82, 2.24) is 0 Å². The summed E-state index contributed by atoms with van der Waals surface area (Å²) in [6.45, 7) is 3.06. The van der Waals surface area contributed by atoms with Gasteiger partial charge in [0.15, 0.2) is 0 Å². The molecule has 0 aromatic heterocycles. The Bertz CT molecular complexity index is 443. The summed E-state index contributed by atoms with van der Waals surface area (Å²) in [5, 5.41) is 9.76. The molecule has 98 valence electrons. The Morgan fingerprint density at radius 2 is 2.22 bits per heavy atom. The Hall–Kier alpha value is -1.22. The SMILES string of the molecule is CCCCN(c1ccc(Cl)cc1C(=O)O)C1CC1. The molecule has 0 radical (unpaired) electrons. The van der Waals surface area contributed by atoms with E-state index in [2.05, 4.69) is 11.8 Å². The Kier molecular flexibility index (Phi) is 4.12. The predicted octanol–water partition coefficient (Wildman–Crippen LogP) is 3.81. The van der Waals surface area contributed by atoms with Gasteiger partial charge in [-0.1, -0.05) is 24.9 Å². The Labute approximate surface area is 112 Å². The molecular formula is C14H18ClNO2. The number of anilines is 1. The van der Waals surface area contributed by atoms with Crippen LogP contribution in [-0.2, 0) is 0 Å². The molecule has 0 amide bonds. The number of unbranched alkanes of at least 4 members (excludes halogenated alkanes) is 1. The highest BCUT2D eigenvalue weighted by atomic mass is 35.5. The van der Waals surface area contributed by atoms with E-state index in [-0.39, 0.29) is 0 Å². The predicted molar refractivity (Wildman–Crippen MR) is 73.7 cm³/mol. The largest absolute Gasteiger partial charge is 0.478 e. The van der Waals surface area contributed by atoms with Gasteiger partial charge in [0, 0.05) is 17.6 Å². The third-order valence-corrected chi connectivity index (χ3v) is 3.47. The number of carboxylic acids is 1. The second kappa shape index (κ2) is 5.61. The summed E-state index contributed by atoms with van der Waals surface area (Å²) in [5.74, 6) is -0.908. The van der Waals surface area contributed by atoms with Crippen LogP contribution < -0.4 is 4.90 Å². The van der Waals surface area contributed by atoms with Gasteiger partial charge in [0.2, 0.25) is 0 Å². The van der Waals surface area contributed by atoms with Gasteiger partial charge in [-0.25, -0.2) is 4.79 Å². The molecule has 0 spiro atoms. The van der Waals surface area contributed by atoms with Crippen molar-refractivity contribution in [1.29, 1.82) is 0 Å². The van der Waals surface area contributed by atoms with Crippen molar-refractivity contribution in [2.75, 3.05) is 11.4 Å². The van der Waals surface area contributed by atoms with Gasteiger partial charge >= 0.3 is 5.97 Å². The van der Waals surface area contributed by atoms with E-state index < -0.39 is 5.97 Å². The van der Waals surface area contributed by atoms with Gasteiger partial charge in [0.25, 0.3) is 0 Å². The lowest BCUT2D eigenvalue weighted by atomic mass is 10.1. The third-order valence-electron chi connectivity index (χ3n) is 3.24. The lowest BCUT2D eigenvalue weighted by molar-refractivity contribution is 0.0697. The molecule has 2 rings (SSSR count). The van der Waals surface area contributed by atoms with Crippen LogP contribution >= 0.6 is 11.6 Å². The van der Waals surface area contributed by atoms with Gasteiger partial charge in [-0.05, 0) is 37.5 Å². The normalized spacial score (nSPS) is 14.6. The summed E-state index contributed by atoms with van der Waals surface area (Å²) in [6, 6.07) is 5.65. The van der Waals surface area contributed by atoms with Crippen molar-refractivity contribution in [3.63, 3.8) is 0 Å². The van der Waals surface area contributed by atoms with Crippen LogP contribution in [0.15, 0.2) is 18.2 Å². The quantitative estimate of drug-likeness (QED) is 0.852. The van der Waals surface area contributed by atoms with Gasteiger partial charge in [-0.3, -0.25) is 0 Å². The number of nitrogens with zero attached hydrogens (tertiary/aromatic N) is 1.